The van der Waals surface area contributed by atoms with Gasteiger partial charge >= 0.3 is 0 Å². The van der Waals surface area contributed by atoms with E-state index in [-0.39, 0.29) is 5.71 Å². The van der Waals surface area contributed by atoms with E-state index in [1.54, 1.807) is 0 Å². The average molecular weight is 283 g/mol. The quantitative estimate of drug-likeness (QED) is 0.303. The number of rotatable bonds is 4. The summed E-state index contributed by atoms with van der Waals surface area (Å²) in [5.41, 5.74) is -1.04. The Hall–Kier alpha value is -1.70. The van der Waals surface area contributed by atoms with Gasteiger partial charge in [0.15, 0.2) is 23.3 Å². The molecule has 1 aromatic rings. The Balaban J connectivity index is 3.00. The fourth-order valence-electron chi connectivity index (χ4n) is 1.05. The molecule has 1 atom stereocenters. The van der Waals surface area contributed by atoms with Crippen LogP contribution in [-0.2, 0) is 11.4 Å². The zero-order chi connectivity index (χ0) is 14.7. The summed E-state index contributed by atoms with van der Waals surface area (Å²) in [6.45, 7) is 1.78. The van der Waals surface area contributed by atoms with Gasteiger partial charge in [-0.25, -0.2) is 22.0 Å². The number of oxime groups is 1. The lowest BCUT2D eigenvalue weighted by molar-refractivity contribution is 0.118. The van der Waals surface area contributed by atoms with Crippen molar-refractivity contribution in [2.24, 2.45) is 5.16 Å². The van der Waals surface area contributed by atoms with Crippen LogP contribution in [0.4, 0.5) is 22.0 Å². The molecule has 0 aromatic heterocycles. The molecule has 0 saturated heterocycles. The van der Waals surface area contributed by atoms with Crippen LogP contribution in [0, 0.1) is 29.1 Å². The second kappa shape index (κ2) is 5.96. The summed E-state index contributed by atoms with van der Waals surface area (Å²) in [6.07, 6.45) is -0.962. The standard InChI is InChI=1S/C11H10F5NO2/c1-4(5(2)18)17-19-3-6-7(12)9(14)11(16)10(15)8(6)13/h5,18H,3H2,1-2H3/b17-4-. The lowest BCUT2D eigenvalue weighted by atomic mass is 10.2. The second-order valence-corrected chi connectivity index (χ2v) is 3.73. The molecule has 0 spiro atoms. The minimum Gasteiger partial charge on any atom is -0.391 e. The van der Waals surface area contributed by atoms with E-state index in [9.17, 15) is 22.0 Å². The topological polar surface area (TPSA) is 41.8 Å². The van der Waals surface area contributed by atoms with Crippen molar-refractivity contribution in [2.45, 2.75) is 26.6 Å². The van der Waals surface area contributed by atoms with Crippen molar-refractivity contribution < 1.29 is 31.9 Å². The number of hydrogen-bond acceptors (Lipinski definition) is 3. The molecule has 1 rings (SSSR count). The third-order valence-electron chi connectivity index (χ3n) is 2.32. The van der Waals surface area contributed by atoms with Gasteiger partial charge in [0.25, 0.3) is 0 Å². The number of hydrogen-bond donors (Lipinski definition) is 1. The first-order valence-corrected chi connectivity index (χ1v) is 5.12. The van der Waals surface area contributed by atoms with Gasteiger partial charge in [-0.2, -0.15) is 0 Å². The first-order valence-electron chi connectivity index (χ1n) is 5.12. The normalized spacial score (nSPS) is 13.6. The van der Waals surface area contributed by atoms with Gasteiger partial charge in [0.2, 0.25) is 5.82 Å². The van der Waals surface area contributed by atoms with E-state index < -0.39 is 47.4 Å². The van der Waals surface area contributed by atoms with Crippen LogP contribution in [0.25, 0.3) is 0 Å². The summed E-state index contributed by atoms with van der Waals surface area (Å²) in [4.78, 5) is 4.45. The van der Waals surface area contributed by atoms with Gasteiger partial charge in [0.05, 0.1) is 17.4 Å². The summed E-state index contributed by atoms with van der Waals surface area (Å²) in [6, 6.07) is 0. The molecule has 0 radical (unpaired) electrons. The number of aliphatic hydroxyl groups is 1. The highest BCUT2D eigenvalue weighted by molar-refractivity contribution is 5.85. The lowest BCUT2D eigenvalue weighted by Gasteiger charge is -2.08. The Morgan fingerprint density at radius 2 is 1.47 bits per heavy atom. The maximum atomic E-state index is 13.2. The van der Waals surface area contributed by atoms with Crippen molar-refractivity contribution in [3.05, 3.63) is 34.6 Å². The van der Waals surface area contributed by atoms with Crippen LogP contribution < -0.4 is 0 Å². The minimum atomic E-state index is -2.23. The Labute approximate surface area is 105 Å². The largest absolute Gasteiger partial charge is 0.391 e. The van der Waals surface area contributed by atoms with Crippen LogP contribution in [0.5, 0.6) is 0 Å². The minimum absolute atomic E-state index is 0.0869. The van der Waals surface area contributed by atoms with Crippen molar-refractivity contribution in [1.29, 1.82) is 0 Å². The molecule has 19 heavy (non-hydrogen) atoms. The Bertz CT molecular complexity index is 487. The van der Waals surface area contributed by atoms with Crippen LogP contribution in [0.2, 0.25) is 0 Å². The summed E-state index contributed by atoms with van der Waals surface area (Å²) in [5.74, 6) is -10.3. The maximum absolute atomic E-state index is 13.2. The highest BCUT2D eigenvalue weighted by Gasteiger charge is 2.25. The molecular formula is C11H10F5NO2. The monoisotopic (exact) mass is 283 g/mol. The second-order valence-electron chi connectivity index (χ2n) is 3.73. The predicted octanol–water partition coefficient (Wildman–Crippen LogP) is 2.66. The van der Waals surface area contributed by atoms with Crippen molar-refractivity contribution >= 4 is 5.71 Å². The summed E-state index contributed by atoms with van der Waals surface area (Å²) in [7, 11) is 0. The fourth-order valence-corrected chi connectivity index (χ4v) is 1.05. The summed E-state index contributed by atoms with van der Waals surface area (Å²) >= 11 is 0. The van der Waals surface area contributed by atoms with Gasteiger partial charge in [-0.05, 0) is 13.8 Å². The van der Waals surface area contributed by atoms with E-state index in [2.05, 4.69) is 9.99 Å². The van der Waals surface area contributed by atoms with Crippen LogP contribution in [0.15, 0.2) is 5.16 Å². The summed E-state index contributed by atoms with van der Waals surface area (Å²) in [5, 5.41) is 12.3. The zero-order valence-corrected chi connectivity index (χ0v) is 9.98. The molecule has 0 saturated carbocycles. The molecule has 0 fully saturated rings. The van der Waals surface area contributed by atoms with Gasteiger partial charge in [-0.3, -0.25) is 0 Å². The van der Waals surface area contributed by atoms with E-state index >= 15 is 0 Å². The Morgan fingerprint density at radius 1 is 1.05 bits per heavy atom. The third-order valence-corrected chi connectivity index (χ3v) is 2.32. The molecule has 1 N–H and O–H groups in total. The molecule has 0 heterocycles. The molecular weight excluding hydrogens is 273 g/mol. The van der Waals surface area contributed by atoms with Crippen LogP contribution in [0.3, 0.4) is 0 Å². The fraction of sp³-hybridized carbons (Fsp3) is 0.364. The first kappa shape index (κ1) is 15.4. The molecule has 1 aromatic carbocycles. The Kier molecular flexibility index (Phi) is 4.82. The van der Waals surface area contributed by atoms with Crippen LogP contribution >= 0.6 is 0 Å². The van der Waals surface area contributed by atoms with E-state index in [0.717, 1.165) is 0 Å². The molecule has 0 aliphatic rings. The Morgan fingerprint density at radius 3 is 1.89 bits per heavy atom. The molecule has 8 heteroatoms. The number of nitrogens with zero attached hydrogens (tertiary/aromatic N) is 1. The van der Waals surface area contributed by atoms with E-state index in [1.807, 2.05) is 0 Å². The zero-order valence-electron chi connectivity index (χ0n) is 9.98. The molecule has 0 aliphatic heterocycles. The van der Waals surface area contributed by atoms with E-state index in [0.29, 0.717) is 0 Å². The summed E-state index contributed by atoms with van der Waals surface area (Å²) < 4.78 is 64.7. The average Bonchev–Trinajstić information content (AvgIpc) is 2.37. The smallest absolute Gasteiger partial charge is 0.200 e. The van der Waals surface area contributed by atoms with Gasteiger partial charge in [0, 0.05) is 0 Å². The highest BCUT2D eigenvalue weighted by atomic mass is 19.2. The van der Waals surface area contributed by atoms with E-state index in [4.69, 9.17) is 5.11 Å². The lowest BCUT2D eigenvalue weighted by Crippen LogP contribution is -2.13. The van der Waals surface area contributed by atoms with E-state index in [1.165, 1.54) is 13.8 Å². The first-order chi connectivity index (χ1) is 8.77. The van der Waals surface area contributed by atoms with Gasteiger partial charge in [-0.15, -0.1) is 0 Å². The molecule has 106 valence electrons. The molecule has 3 nitrogen and oxygen atoms in total. The maximum Gasteiger partial charge on any atom is 0.200 e. The molecule has 0 amide bonds. The molecule has 1 unspecified atom stereocenters. The van der Waals surface area contributed by atoms with Gasteiger partial charge < -0.3 is 9.94 Å². The SMILES string of the molecule is C/C(=N/OCc1c(F)c(F)c(F)c(F)c1F)C(C)O. The third kappa shape index (κ3) is 3.19. The number of benzene rings is 1. The van der Waals surface area contributed by atoms with Gasteiger partial charge in [-0.1, -0.05) is 5.16 Å². The van der Waals surface area contributed by atoms with Crippen molar-refractivity contribution in [3.63, 3.8) is 0 Å². The molecule has 0 aliphatic carbocycles. The van der Waals surface area contributed by atoms with Crippen LogP contribution in [-0.4, -0.2) is 16.9 Å². The van der Waals surface area contributed by atoms with Gasteiger partial charge in [0.1, 0.15) is 6.61 Å². The highest BCUT2D eigenvalue weighted by Crippen LogP contribution is 2.23. The predicted molar refractivity (Wildman–Crippen MR) is 55.8 cm³/mol. The van der Waals surface area contributed by atoms with Crippen molar-refractivity contribution in [1.82, 2.24) is 0 Å². The van der Waals surface area contributed by atoms with Crippen LogP contribution in [0.1, 0.15) is 19.4 Å². The van der Waals surface area contributed by atoms with Crippen molar-refractivity contribution in [3.8, 4) is 0 Å². The molecule has 0 bridgehead atoms. The number of aliphatic hydroxyl groups excluding tert-OH is 1. The number of halogens is 5. The van der Waals surface area contributed by atoms with Crippen molar-refractivity contribution in [2.75, 3.05) is 0 Å².